The maximum Gasteiger partial charge on any atom is 0.309 e. The summed E-state index contributed by atoms with van der Waals surface area (Å²) < 4.78 is 5.77. The van der Waals surface area contributed by atoms with Gasteiger partial charge in [0.05, 0.1) is 12.0 Å². The molecule has 2 unspecified atom stereocenters. The van der Waals surface area contributed by atoms with E-state index in [2.05, 4.69) is 13.8 Å². The molecule has 1 fully saturated rings. The number of carboxylic acids is 1. The second-order valence-electron chi connectivity index (χ2n) is 5.17. The molecule has 3 nitrogen and oxygen atoms in total. The average molecular weight is 228 g/mol. The van der Waals surface area contributed by atoms with E-state index in [0.717, 1.165) is 38.5 Å². The fourth-order valence-electron chi connectivity index (χ4n) is 2.21. The first-order valence-electron chi connectivity index (χ1n) is 6.45. The second-order valence-corrected chi connectivity index (χ2v) is 5.17. The summed E-state index contributed by atoms with van der Waals surface area (Å²) in [7, 11) is 0. The van der Waals surface area contributed by atoms with E-state index in [0.29, 0.717) is 12.5 Å². The molecule has 0 aromatic rings. The molecule has 1 rings (SSSR count). The molecule has 0 amide bonds. The lowest BCUT2D eigenvalue weighted by Gasteiger charge is -2.22. The fraction of sp³-hybridized carbons (Fsp3) is 0.923. The first kappa shape index (κ1) is 13.5. The van der Waals surface area contributed by atoms with Gasteiger partial charge in [-0.1, -0.05) is 33.1 Å². The monoisotopic (exact) mass is 228 g/mol. The zero-order chi connectivity index (χ0) is 12.0. The van der Waals surface area contributed by atoms with Gasteiger partial charge in [0.1, 0.15) is 0 Å². The van der Waals surface area contributed by atoms with Gasteiger partial charge in [-0.05, 0) is 25.2 Å². The number of rotatable bonds is 5. The van der Waals surface area contributed by atoms with Crippen LogP contribution in [0.3, 0.4) is 0 Å². The fourth-order valence-corrected chi connectivity index (χ4v) is 2.21. The summed E-state index contributed by atoms with van der Waals surface area (Å²) in [5.41, 5.74) is 0. The van der Waals surface area contributed by atoms with E-state index < -0.39 is 5.97 Å². The molecule has 1 saturated carbocycles. The van der Waals surface area contributed by atoms with Crippen LogP contribution in [0.1, 0.15) is 52.4 Å². The number of hydrogen-bond donors (Lipinski definition) is 1. The Morgan fingerprint density at radius 2 is 2.00 bits per heavy atom. The summed E-state index contributed by atoms with van der Waals surface area (Å²) in [5, 5.41) is 9.16. The Bertz CT molecular complexity index is 213. The molecule has 1 aliphatic rings. The maximum absolute atomic E-state index is 11.1. The third-order valence-electron chi connectivity index (χ3n) is 3.30. The zero-order valence-corrected chi connectivity index (χ0v) is 10.4. The summed E-state index contributed by atoms with van der Waals surface area (Å²) in [6.07, 6.45) is 5.93. The normalized spacial score (nSPS) is 26.7. The summed E-state index contributed by atoms with van der Waals surface area (Å²) in [5.74, 6) is -0.347. The van der Waals surface area contributed by atoms with E-state index in [1.165, 1.54) is 0 Å². The topological polar surface area (TPSA) is 46.5 Å². The van der Waals surface area contributed by atoms with E-state index in [9.17, 15) is 4.79 Å². The zero-order valence-electron chi connectivity index (χ0n) is 10.4. The van der Waals surface area contributed by atoms with Gasteiger partial charge >= 0.3 is 5.97 Å². The Balaban J connectivity index is 2.41. The van der Waals surface area contributed by atoms with Crippen molar-refractivity contribution >= 4 is 5.97 Å². The maximum atomic E-state index is 11.1. The minimum Gasteiger partial charge on any atom is -0.481 e. The summed E-state index contributed by atoms with van der Waals surface area (Å²) in [4.78, 5) is 11.1. The van der Waals surface area contributed by atoms with E-state index in [1.54, 1.807) is 0 Å². The Labute approximate surface area is 98.2 Å². The molecule has 1 N–H and O–H groups in total. The lowest BCUT2D eigenvalue weighted by molar-refractivity contribution is -0.148. The highest BCUT2D eigenvalue weighted by molar-refractivity contribution is 5.70. The van der Waals surface area contributed by atoms with Gasteiger partial charge in [-0.25, -0.2) is 0 Å². The highest BCUT2D eigenvalue weighted by Crippen LogP contribution is 2.26. The minimum absolute atomic E-state index is 0.0567. The van der Waals surface area contributed by atoms with Crippen molar-refractivity contribution < 1.29 is 14.6 Å². The first-order valence-corrected chi connectivity index (χ1v) is 6.45. The molecular weight excluding hydrogens is 204 g/mol. The third kappa shape index (κ3) is 4.52. The first-order chi connectivity index (χ1) is 7.61. The molecule has 16 heavy (non-hydrogen) atoms. The smallest absolute Gasteiger partial charge is 0.309 e. The van der Waals surface area contributed by atoms with E-state index >= 15 is 0 Å². The molecular formula is C13H24O3. The molecule has 0 radical (unpaired) electrons. The number of carboxylic acid groups (broad SMARTS) is 1. The van der Waals surface area contributed by atoms with Crippen molar-refractivity contribution in [3.63, 3.8) is 0 Å². The van der Waals surface area contributed by atoms with Crippen LogP contribution in [0, 0.1) is 11.8 Å². The quantitative estimate of drug-likeness (QED) is 0.735. The molecule has 3 heteroatoms. The summed E-state index contributed by atoms with van der Waals surface area (Å²) >= 11 is 0. The van der Waals surface area contributed by atoms with Gasteiger partial charge in [-0.15, -0.1) is 0 Å². The predicted octanol–water partition coefficient (Wildman–Crippen LogP) is 3.08. The van der Waals surface area contributed by atoms with Crippen LogP contribution in [0.25, 0.3) is 0 Å². The number of ether oxygens (including phenoxy) is 1. The molecule has 0 bridgehead atoms. The minimum atomic E-state index is -0.684. The van der Waals surface area contributed by atoms with Crippen molar-refractivity contribution in [3.8, 4) is 0 Å². The number of carbonyl (C=O) groups is 1. The van der Waals surface area contributed by atoms with Crippen LogP contribution in [0.2, 0.25) is 0 Å². The molecule has 1 aliphatic carbocycles. The summed E-state index contributed by atoms with van der Waals surface area (Å²) in [6, 6.07) is 0. The van der Waals surface area contributed by atoms with Crippen LogP contribution in [0.4, 0.5) is 0 Å². The van der Waals surface area contributed by atoms with E-state index in [-0.39, 0.29) is 12.0 Å². The Hall–Kier alpha value is -0.570. The van der Waals surface area contributed by atoms with Crippen LogP contribution in [0.5, 0.6) is 0 Å². The van der Waals surface area contributed by atoms with Gasteiger partial charge in [0.25, 0.3) is 0 Å². The van der Waals surface area contributed by atoms with Crippen LogP contribution < -0.4 is 0 Å². The van der Waals surface area contributed by atoms with Gasteiger partial charge in [0.15, 0.2) is 0 Å². The lowest BCUT2D eigenvalue weighted by Crippen LogP contribution is -2.30. The molecule has 0 spiro atoms. The Kier molecular flexibility index (Phi) is 5.81. The lowest BCUT2D eigenvalue weighted by atomic mass is 9.97. The van der Waals surface area contributed by atoms with Crippen molar-refractivity contribution in [1.29, 1.82) is 0 Å². The van der Waals surface area contributed by atoms with Crippen LogP contribution in [-0.4, -0.2) is 23.8 Å². The van der Waals surface area contributed by atoms with Gasteiger partial charge in [-0.3, -0.25) is 4.79 Å². The Morgan fingerprint density at radius 3 is 2.62 bits per heavy atom. The number of aliphatic carboxylic acids is 1. The largest absolute Gasteiger partial charge is 0.481 e. The SMILES string of the molecule is CC(C)CCOC1CCCCCC1C(=O)O. The molecule has 0 saturated heterocycles. The van der Waals surface area contributed by atoms with Crippen LogP contribution >= 0.6 is 0 Å². The van der Waals surface area contributed by atoms with Crippen molar-refractivity contribution in [3.05, 3.63) is 0 Å². The molecule has 0 aromatic heterocycles. The van der Waals surface area contributed by atoms with Gasteiger partial charge in [-0.2, -0.15) is 0 Å². The standard InChI is InChI=1S/C13H24O3/c1-10(2)8-9-16-12-7-5-3-4-6-11(12)13(14)15/h10-12H,3-9H2,1-2H3,(H,14,15). The van der Waals surface area contributed by atoms with Gasteiger partial charge < -0.3 is 9.84 Å². The molecule has 94 valence electrons. The van der Waals surface area contributed by atoms with Crippen LogP contribution in [-0.2, 0) is 9.53 Å². The van der Waals surface area contributed by atoms with Crippen molar-refractivity contribution in [2.75, 3.05) is 6.61 Å². The van der Waals surface area contributed by atoms with Crippen LogP contribution in [0.15, 0.2) is 0 Å². The summed E-state index contributed by atoms with van der Waals surface area (Å²) in [6.45, 7) is 5.02. The molecule has 0 aromatic carbocycles. The molecule has 0 aliphatic heterocycles. The third-order valence-corrected chi connectivity index (χ3v) is 3.30. The van der Waals surface area contributed by atoms with E-state index in [1.807, 2.05) is 0 Å². The van der Waals surface area contributed by atoms with Crippen molar-refractivity contribution in [2.24, 2.45) is 11.8 Å². The van der Waals surface area contributed by atoms with Crippen molar-refractivity contribution in [2.45, 2.75) is 58.5 Å². The Morgan fingerprint density at radius 1 is 1.31 bits per heavy atom. The van der Waals surface area contributed by atoms with Gasteiger partial charge in [0.2, 0.25) is 0 Å². The second kappa shape index (κ2) is 6.89. The molecule has 2 atom stereocenters. The highest BCUT2D eigenvalue weighted by Gasteiger charge is 2.29. The van der Waals surface area contributed by atoms with Crippen molar-refractivity contribution in [1.82, 2.24) is 0 Å². The number of hydrogen-bond acceptors (Lipinski definition) is 2. The highest BCUT2D eigenvalue weighted by atomic mass is 16.5. The molecule has 0 heterocycles. The average Bonchev–Trinajstić information content (AvgIpc) is 2.42. The van der Waals surface area contributed by atoms with Gasteiger partial charge in [0, 0.05) is 6.61 Å². The predicted molar refractivity (Wildman–Crippen MR) is 63.4 cm³/mol. The van der Waals surface area contributed by atoms with E-state index in [4.69, 9.17) is 9.84 Å².